The molecule has 1 aromatic carbocycles. The minimum absolute atomic E-state index is 0.369. The van der Waals surface area contributed by atoms with Crippen molar-refractivity contribution in [2.75, 3.05) is 7.11 Å². The van der Waals surface area contributed by atoms with E-state index in [0.29, 0.717) is 11.3 Å². The lowest BCUT2D eigenvalue weighted by Gasteiger charge is -2.18. The summed E-state index contributed by atoms with van der Waals surface area (Å²) in [6.45, 7) is 2.14. The Hall–Kier alpha value is -0.690. The lowest BCUT2D eigenvalue weighted by molar-refractivity contribution is 0.397. The minimum atomic E-state index is 0.369. The van der Waals surface area contributed by atoms with Crippen LogP contribution in [0.3, 0.4) is 0 Å². The molecule has 1 nitrogen and oxygen atoms in total. The Labute approximate surface area is 115 Å². The number of hydrogen-bond acceptors (Lipinski definition) is 1. The van der Waals surface area contributed by atoms with E-state index in [1.807, 2.05) is 0 Å². The zero-order valence-corrected chi connectivity index (χ0v) is 12.2. The molecule has 2 unspecified atom stereocenters. The molecular formula is C16H23ClO. The molecule has 2 atom stereocenters. The van der Waals surface area contributed by atoms with Crippen LogP contribution in [0.25, 0.3) is 0 Å². The van der Waals surface area contributed by atoms with Gasteiger partial charge in [0.2, 0.25) is 0 Å². The maximum absolute atomic E-state index is 6.36. The Bertz CT molecular complexity index is 389. The second kappa shape index (κ2) is 6.47. The van der Waals surface area contributed by atoms with Crippen molar-refractivity contribution >= 4 is 11.6 Å². The van der Waals surface area contributed by atoms with Crippen LogP contribution in [0.2, 0.25) is 0 Å². The quantitative estimate of drug-likeness (QED) is 0.567. The normalized spacial score (nSPS) is 24.6. The molecule has 1 saturated carbocycles. The molecule has 0 radical (unpaired) electrons. The van der Waals surface area contributed by atoms with E-state index in [2.05, 4.69) is 25.1 Å². The molecule has 0 amide bonds. The Kier molecular flexibility index (Phi) is 4.94. The number of aryl methyl sites for hydroxylation is 1. The van der Waals surface area contributed by atoms with Gasteiger partial charge < -0.3 is 4.74 Å². The van der Waals surface area contributed by atoms with Crippen LogP contribution in [0.5, 0.6) is 5.75 Å². The van der Waals surface area contributed by atoms with Crippen LogP contribution < -0.4 is 4.74 Å². The predicted molar refractivity (Wildman–Crippen MR) is 77.7 cm³/mol. The van der Waals surface area contributed by atoms with Crippen molar-refractivity contribution in [3.05, 3.63) is 29.3 Å². The molecule has 0 aliphatic heterocycles. The van der Waals surface area contributed by atoms with Gasteiger partial charge in [-0.15, -0.1) is 11.6 Å². The molecule has 0 bridgehead atoms. The van der Waals surface area contributed by atoms with Crippen molar-refractivity contribution in [2.45, 2.75) is 50.8 Å². The number of alkyl halides is 1. The maximum atomic E-state index is 6.36. The summed E-state index contributed by atoms with van der Waals surface area (Å²) in [4.78, 5) is 0. The summed E-state index contributed by atoms with van der Waals surface area (Å²) in [5.41, 5.74) is 2.65. The van der Waals surface area contributed by atoms with Crippen LogP contribution in [-0.2, 0) is 6.42 Å². The van der Waals surface area contributed by atoms with Gasteiger partial charge in [0.05, 0.1) is 7.11 Å². The summed E-state index contributed by atoms with van der Waals surface area (Å²) in [7, 11) is 1.76. The molecule has 0 N–H and O–H groups in total. The fraction of sp³-hybridized carbons (Fsp3) is 0.625. The van der Waals surface area contributed by atoms with Crippen LogP contribution in [-0.4, -0.2) is 12.5 Å². The average Bonchev–Trinajstić information content (AvgIpc) is 2.54. The fourth-order valence-electron chi connectivity index (χ4n) is 2.96. The standard InChI is InChI=1S/C16H23ClO/c1-12-7-8-16(18-2)14(9-12)10-13-5-3-4-6-15(17)11-13/h7-9,13,15H,3-6,10-11H2,1-2H3. The molecule has 2 heteroatoms. The summed E-state index contributed by atoms with van der Waals surface area (Å²) in [6.07, 6.45) is 7.35. The zero-order valence-electron chi connectivity index (χ0n) is 11.4. The molecule has 1 fully saturated rings. The molecule has 1 aliphatic carbocycles. The number of hydrogen-bond donors (Lipinski definition) is 0. The van der Waals surface area contributed by atoms with Gasteiger partial charge in [0.15, 0.2) is 0 Å². The van der Waals surface area contributed by atoms with E-state index < -0.39 is 0 Å². The third kappa shape index (κ3) is 3.65. The Morgan fingerprint density at radius 2 is 2.06 bits per heavy atom. The summed E-state index contributed by atoms with van der Waals surface area (Å²) in [5, 5.41) is 0.369. The van der Waals surface area contributed by atoms with Crippen molar-refractivity contribution in [1.82, 2.24) is 0 Å². The molecule has 1 aromatic rings. The SMILES string of the molecule is COc1ccc(C)cc1CC1CCCCC(Cl)C1. The number of halogens is 1. The molecular weight excluding hydrogens is 244 g/mol. The van der Waals surface area contributed by atoms with E-state index in [1.165, 1.54) is 36.8 Å². The Balaban J connectivity index is 2.09. The van der Waals surface area contributed by atoms with Crippen LogP contribution in [0.1, 0.15) is 43.2 Å². The monoisotopic (exact) mass is 266 g/mol. The topological polar surface area (TPSA) is 9.23 Å². The second-order valence-corrected chi connectivity index (χ2v) is 6.12. The molecule has 18 heavy (non-hydrogen) atoms. The van der Waals surface area contributed by atoms with Crippen molar-refractivity contribution in [3.8, 4) is 5.75 Å². The third-order valence-corrected chi connectivity index (χ3v) is 4.31. The first-order valence-corrected chi connectivity index (χ1v) is 7.40. The molecule has 0 aromatic heterocycles. The Morgan fingerprint density at radius 1 is 1.28 bits per heavy atom. The van der Waals surface area contributed by atoms with Crippen LogP contribution in [0, 0.1) is 12.8 Å². The average molecular weight is 267 g/mol. The minimum Gasteiger partial charge on any atom is -0.496 e. The highest BCUT2D eigenvalue weighted by Crippen LogP contribution is 2.31. The highest BCUT2D eigenvalue weighted by Gasteiger charge is 2.20. The fourth-order valence-corrected chi connectivity index (χ4v) is 3.37. The highest BCUT2D eigenvalue weighted by molar-refractivity contribution is 6.20. The molecule has 0 saturated heterocycles. The molecule has 1 aliphatic rings. The van der Waals surface area contributed by atoms with Crippen LogP contribution in [0.4, 0.5) is 0 Å². The van der Waals surface area contributed by atoms with Crippen molar-refractivity contribution < 1.29 is 4.74 Å². The van der Waals surface area contributed by atoms with Crippen molar-refractivity contribution in [3.63, 3.8) is 0 Å². The predicted octanol–water partition coefficient (Wildman–Crippen LogP) is 4.73. The van der Waals surface area contributed by atoms with Crippen molar-refractivity contribution in [2.24, 2.45) is 5.92 Å². The lowest BCUT2D eigenvalue weighted by atomic mass is 9.91. The maximum Gasteiger partial charge on any atom is 0.122 e. The number of benzene rings is 1. The third-order valence-electron chi connectivity index (χ3n) is 3.91. The van der Waals surface area contributed by atoms with Gasteiger partial charge in [0.1, 0.15) is 5.75 Å². The van der Waals surface area contributed by atoms with E-state index in [0.717, 1.165) is 18.6 Å². The van der Waals surface area contributed by atoms with Gasteiger partial charge in [-0.1, -0.05) is 37.0 Å². The van der Waals surface area contributed by atoms with E-state index in [4.69, 9.17) is 16.3 Å². The summed E-state index contributed by atoms with van der Waals surface area (Å²) < 4.78 is 5.47. The smallest absolute Gasteiger partial charge is 0.122 e. The van der Waals surface area contributed by atoms with Gasteiger partial charge in [-0.2, -0.15) is 0 Å². The van der Waals surface area contributed by atoms with Gasteiger partial charge in [-0.05, 0) is 43.7 Å². The van der Waals surface area contributed by atoms with Gasteiger partial charge in [0.25, 0.3) is 0 Å². The first-order valence-electron chi connectivity index (χ1n) is 6.96. The van der Waals surface area contributed by atoms with Gasteiger partial charge >= 0.3 is 0 Å². The highest BCUT2D eigenvalue weighted by atomic mass is 35.5. The molecule has 100 valence electrons. The number of ether oxygens (including phenoxy) is 1. The van der Waals surface area contributed by atoms with E-state index in [9.17, 15) is 0 Å². The molecule has 0 heterocycles. The largest absolute Gasteiger partial charge is 0.496 e. The van der Waals surface area contributed by atoms with Crippen LogP contribution in [0.15, 0.2) is 18.2 Å². The van der Waals surface area contributed by atoms with E-state index in [1.54, 1.807) is 7.11 Å². The van der Waals surface area contributed by atoms with E-state index >= 15 is 0 Å². The first-order chi connectivity index (χ1) is 8.69. The summed E-state index contributed by atoms with van der Waals surface area (Å²) in [5.74, 6) is 1.74. The van der Waals surface area contributed by atoms with E-state index in [-0.39, 0.29) is 0 Å². The molecule has 0 spiro atoms. The zero-order chi connectivity index (χ0) is 13.0. The summed E-state index contributed by atoms with van der Waals surface area (Å²) in [6, 6.07) is 6.45. The van der Waals surface area contributed by atoms with Gasteiger partial charge in [-0.25, -0.2) is 0 Å². The first kappa shape index (κ1) is 13.7. The molecule has 2 rings (SSSR count). The summed E-state index contributed by atoms with van der Waals surface area (Å²) >= 11 is 6.36. The number of rotatable bonds is 3. The van der Waals surface area contributed by atoms with Crippen LogP contribution >= 0.6 is 11.6 Å². The number of methoxy groups -OCH3 is 1. The lowest BCUT2D eigenvalue weighted by Crippen LogP contribution is -2.09. The van der Waals surface area contributed by atoms with Gasteiger partial charge in [-0.3, -0.25) is 0 Å². The Morgan fingerprint density at radius 3 is 2.83 bits per heavy atom. The van der Waals surface area contributed by atoms with Crippen molar-refractivity contribution in [1.29, 1.82) is 0 Å². The second-order valence-electron chi connectivity index (χ2n) is 5.50. The van der Waals surface area contributed by atoms with Gasteiger partial charge in [0, 0.05) is 5.38 Å².